The van der Waals surface area contributed by atoms with Gasteiger partial charge in [-0.3, -0.25) is 4.79 Å². The topological polar surface area (TPSA) is 105 Å². The minimum absolute atomic E-state index is 0.0439. The molecule has 9 nitrogen and oxygen atoms in total. The zero-order valence-corrected chi connectivity index (χ0v) is 23.6. The van der Waals surface area contributed by atoms with Crippen LogP contribution in [0.2, 0.25) is 0 Å². The van der Waals surface area contributed by atoms with Gasteiger partial charge in [-0.15, -0.1) is 0 Å². The number of rotatable bonds is 7. The lowest BCUT2D eigenvalue weighted by molar-refractivity contribution is -0.0352. The van der Waals surface area contributed by atoms with Gasteiger partial charge in [0.2, 0.25) is 11.8 Å². The number of likely N-dealkylation sites (tertiary alicyclic amines) is 2. The molecule has 2 aliphatic rings. The zero-order valence-electron chi connectivity index (χ0n) is 22.8. The molecule has 2 aromatic carbocycles. The highest BCUT2D eigenvalue weighted by molar-refractivity contribution is 7.92. The van der Waals surface area contributed by atoms with E-state index in [4.69, 9.17) is 4.74 Å². The number of piperidine rings is 2. The lowest BCUT2D eigenvalue weighted by atomic mass is 9.82. The van der Waals surface area contributed by atoms with Crippen LogP contribution in [0.3, 0.4) is 0 Å². The van der Waals surface area contributed by atoms with Gasteiger partial charge in [0.05, 0.1) is 10.6 Å². The summed E-state index contributed by atoms with van der Waals surface area (Å²) in [4.78, 5) is 25.0. The molecule has 10 heteroatoms. The summed E-state index contributed by atoms with van der Waals surface area (Å²) >= 11 is 0. The van der Waals surface area contributed by atoms with Crippen molar-refractivity contribution in [1.29, 1.82) is 0 Å². The van der Waals surface area contributed by atoms with E-state index in [1.807, 2.05) is 32.0 Å². The predicted octanol–water partition coefficient (Wildman–Crippen LogP) is 3.78. The number of benzene rings is 2. The molecule has 39 heavy (non-hydrogen) atoms. The molecule has 0 radical (unpaired) electrons. The maximum absolute atomic E-state index is 13.3. The number of aromatic nitrogens is 2. The summed E-state index contributed by atoms with van der Waals surface area (Å²) in [5.74, 6) is 0.599. The van der Waals surface area contributed by atoms with Crippen LogP contribution in [-0.2, 0) is 10.0 Å². The molecule has 3 heterocycles. The quantitative estimate of drug-likeness (QED) is 0.444. The van der Waals surface area contributed by atoms with Crippen molar-refractivity contribution in [3.63, 3.8) is 0 Å². The fourth-order valence-electron chi connectivity index (χ4n) is 5.90. The predicted molar refractivity (Wildman–Crippen MR) is 151 cm³/mol. The maximum atomic E-state index is 13.3. The second-order valence-electron chi connectivity index (χ2n) is 10.7. The van der Waals surface area contributed by atoms with E-state index < -0.39 is 10.0 Å². The molecule has 3 aromatic rings. The number of likely N-dealkylation sites (N-methyl/N-ethyl adjacent to an activating group) is 2. The minimum Gasteiger partial charge on any atom is -0.472 e. The van der Waals surface area contributed by atoms with Gasteiger partial charge in [-0.05, 0) is 70.6 Å². The summed E-state index contributed by atoms with van der Waals surface area (Å²) in [5, 5.41) is 0. The number of fused-ring (bicyclic) bond motifs is 1. The number of hydrogen-bond donors (Lipinski definition) is 1. The molecule has 1 aromatic heterocycles. The molecule has 0 amide bonds. The third-order valence-corrected chi connectivity index (χ3v) is 9.14. The van der Waals surface area contributed by atoms with E-state index in [9.17, 15) is 13.2 Å². The van der Waals surface area contributed by atoms with Crippen LogP contribution >= 0.6 is 0 Å². The smallest absolute Gasteiger partial charge is 0.264 e. The van der Waals surface area contributed by atoms with E-state index in [2.05, 4.69) is 38.6 Å². The highest BCUT2D eigenvalue weighted by atomic mass is 32.2. The average Bonchev–Trinajstić information content (AvgIpc) is 2.89. The monoisotopic (exact) mass is 549 g/mol. The lowest BCUT2D eigenvalue weighted by Gasteiger charge is -2.48. The van der Waals surface area contributed by atoms with Crippen LogP contribution in [0.4, 0.5) is 5.95 Å². The molecule has 3 unspecified atom stereocenters. The third-order valence-electron chi connectivity index (χ3n) is 7.82. The summed E-state index contributed by atoms with van der Waals surface area (Å²) in [6.45, 7) is 6.82. The van der Waals surface area contributed by atoms with Gasteiger partial charge in [-0.25, -0.2) is 18.1 Å². The van der Waals surface area contributed by atoms with Gasteiger partial charge in [-0.2, -0.15) is 4.98 Å². The number of carbonyl (C=O) groups is 1. The van der Waals surface area contributed by atoms with Crippen LogP contribution in [0.5, 0.6) is 5.88 Å². The summed E-state index contributed by atoms with van der Waals surface area (Å²) in [5.41, 5.74) is 3.78. The van der Waals surface area contributed by atoms with Crippen molar-refractivity contribution in [2.24, 2.45) is 5.92 Å². The van der Waals surface area contributed by atoms with E-state index in [1.54, 1.807) is 12.1 Å². The van der Waals surface area contributed by atoms with Crippen LogP contribution in [0, 0.1) is 19.8 Å². The molecule has 2 saturated heterocycles. The Morgan fingerprint density at radius 3 is 2.51 bits per heavy atom. The highest BCUT2D eigenvalue weighted by Gasteiger charge is 2.41. The van der Waals surface area contributed by atoms with Crippen molar-refractivity contribution in [1.82, 2.24) is 19.8 Å². The molecule has 3 atom stereocenters. The van der Waals surface area contributed by atoms with Gasteiger partial charge in [0.1, 0.15) is 12.4 Å². The molecule has 0 spiro atoms. The number of aryl methyl sites for hydroxylation is 2. The first-order chi connectivity index (χ1) is 18.6. The summed E-state index contributed by atoms with van der Waals surface area (Å²) in [7, 11) is 0.217. The van der Waals surface area contributed by atoms with Crippen molar-refractivity contribution < 1.29 is 17.9 Å². The van der Waals surface area contributed by atoms with Gasteiger partial charge in [0, 0.05) is 42.2 Å². The van der Waals surface area contributed by atoms with E-state index in [0.717, 1.165) is 49.2 Å². The normalized spacial score (nSPS) is 22.2. The number of nitrogens with zero attached hydrogens (tertiary/aromatic N) is 4. The van der Waals surface area contributed by atoms with Gasteiger partial charge in [0.25, 0.3) is 10.0 Å². The summed E-state index contributed by atoms with van der Waals surface area (Å²) in [6, 6.07) is 14.0. The van der Waals surface area contributed by atoms with E-state index in [0.29, 0.717) is 29.8 Å². The Bertz CT molecular complexity index is 1460. The fraction of sp³-hybridized carbons (Fsp3) is 0.414. The molecule has 0 saturated carbocycles. The second kappa shape index (κ2) is 11.0. The van der Waals surface area contributed by atoms with Crippen LogP contribution in [0.25, 0.3) is 11.3 Å². The highest BCUT2D eigenvalue weighted by Crippen LogP contribution is 2.34. The molecule has 0 bridgehead atoms. The Morgan fingerprint density at radius 1 is 1.03 bits per heavy atom. The number of aldehydes is 1. The van der Waals surface area contributed by atoms with E-state index in [1.165, 1.54) is 18.2 Å². The molecule has 2 aliphatic heterocycles. The fourth-order valence-corrected chi connectivity index (χ4v) is 6.90. The standard InChI is InChI=1S/C29H35N5O4S/c1-19-8-5-9-20(2)28(19)24-15-27(38-26-17-33(3)16-25-23(26)12-7-13-34(25)4)31-29(30-24)32-39(36,37)22-11-6-10-21(14-22)18-35/h5-6,8-11,14-15,18,23,25-26H,7,12-13,16-17H2,1-4H3,(H,30,31,32). The lowest BCUT2D eigenvalue weighted by Crippen LogP contribution is -2.60. The molecule has 2 fully saturated rings. The number of sulfonamides is 1. The second-order valence-corrected chi connectivity index (χ2v) is 12.4. The number of anilines is 1. The molecule has 0 aliphatic carbocycles. The zero-order chi connectivity index (χ0) is 27.7. The Hall–Kier alpha value is -3.34. The van der Waals surface area contributed by atoms with Crippen molar-refractivity contribution in [3.05, 3.63) is 65.2 Å². The Morgan fingerprint density at radius 2 is 1.77 bits per heavy atom. The number of ether oxygens (including phenoxy) is 1. The molecule has 206 valence electrons. The molecular weight excluding hydrogens is 514 g/mol. The first kappa shape index (κ1) is 27.2. The summed E-state index contributed by atoms with van der Waals surface area (Å²) in [6.07, 6.45) is 2.71. The van der Waals surface area contributed by atoms with Gasteiger partial charge in [0.15, 0.2) is 0 Å². The van der Waals surface area contributed by atoms with Crippen LogP contribution in [-0.4, -0.2) is 80.3 Å². The Labute approximate surface area is 230 Å². The van der Waals surface area contributed by atoms with Crippen molar-refractivity contribution >= 4 is 22.3 Å². The van der Waals surface area contributed by atoms with Crippen LogP contribution in [0.1, 0.15) is 34.3 Å². The Balaban J connectivity index is 1.54. The minimum atomic E-state index is -4.05. The maximum Gasteiger partial charge on any atom is 0.264 e. The first-order valence-electron chi connectivity index (χ1n) is 13.2. The molecule has 5 rings (SSSR count). The van der Waals surface area contributed by atoms with Gasteiger partial charge < -0.3 is 14.5 Å². The SMILES string of the molecule is Cc1cccc(C)c1-c1cc(OC2CN(C)CC3C2CCCN3C)nc(NS(=O)(=O)c2cccc(C=O)c2)n1. The number of hydrogen-bond acceptors (Lipinski definition) is 8. The first-order valence-corrected chi connectivity index (χ1v) is 14.7. The van der Waals surface area contributed by atoms with Crippen LogP contribution in [0.15, 0.2) is 53.4 Å². The average molecular weight is 550 g/mol. The largest absolute Gasteiger partial charge is 0.472 e. The Kier molecular flexibility index (Phi) is 7.70. The number of carbonyl (C=O) groups excluding carboxylic acids is 1. The van der Waals surface area contributed by atoms with Gasteiger partial charge >= 0.3 is 0 Å². The third kappa shape index (κ3) is 5.83. The van der Waals surface area contributed by atoms with Crippen LogP contribution < -0.4 is 9.46 Å². The number of nitrogens with one attached hydrogen (secondary N) is 1. The van der Waals surface area contributed by atoms with E-state index >= 15 is 0 Å². The van der Waals surface area contributed by atoms with Crippen molar-refractivity contribution in [3.8, 4) is 17.1 Å². The van der Waals surface area contributed by atoms with E-state index in [-0.39, 0.29) is 22.5 Å². The summed E-state index contributed by atoms with van der Waals surface area (Å²) < 4.78 is 35.6. The molecular formula is C29H35N5O4S. The van der Waals surface area contributed by atoms with Gasteiger partial charge in [-0.1, -0.05) is 30.3 Å². The van der Waals surface area contributed by atoms with Crippen molar-refractivity contribution in [2.45, 2.75) is 43.7 Å². The molecule has 1 N–H and O–H groups in total. The van der Waals surface area contributed by atoms with Crippen molar-refractivity contribution in [2.75, 3.05) is 38.5 Å².